The van der Waals surface area contributed by atoms with Crippen molar-refractivity contribution in [2.24, 2.45) is 11.8 Å². The lowest BCUT2D eigenvalue weighted by molar-refractivity contribution is -0.0573. The van der Waals surface area contributed by atoms with Gasteiger partial charge in [-0.25, -0.2) is 4.98 Å². The highest BCUT2D eigenvalue weighted by Gasteiger charge is 2.50. The topological polar surface area (TPSA) is 89.7 Å². The standard InChI is InChI=1S/C23H27N7O/c1-14-4-6-21(30-26-8-9-27-30)22(28-14)23(31)29-19-10-17(11-19)16(3)20(29)7-5-18-13-24-15(2)12-25-18/h4,6,8-9,12-13,16-17,19-20H,5,7,10-11H2,1-3H3/t16-,17?,19?,20?/m1/s1. The third-order valence-electron chi connectivity index (χ3n) is 6.87. The third kappa shape index (κ3) is 3.60. The van der Waals surface area contributed by atoms with Crippen LogP contribution in [0, 0.1) is 25.7 Å². The van der Waals surface area contributed by atoms with Gasteiger partial charge >= 0.3 is 0 Å². The van der Waals surface area contributed by atoms with E-state index in [2.05, 4.69) is 37.0 Å². The van der Waals surface area contributed by atoms with Crippen LogP contribution in [0.1, 0.15) is 53.8 Å². The Morgan fingerprint density at radius 3 is 2.55 bits per heavy atom. The SMILES string of the molecule is Cc1cnc(CCC2[C@H](C)C3CC(C3)N2C(=O)c2nc(C)ccc2-n2nccn2)cn1. The summed E-state index contributed by atoms with van der Waals surface area (Å²) in [4.78, 5) is 31.0. The van der Waals surface area contributed by atoms with Gasteiger partial charge in [0.15, 0.2) is 5.69 Å². The van der Waals surface area contributed by atoms with E-state index in [1.807, 2.05) is 32.2 Å². The molecule has 2 aliphatic heterocycles. The van der Waals surface area contributed by atoms with Crippen LogP contribution in [0.5, 0.6) is 0 Å². The Morgan fingerprint density at radius 1 is 1.06 bits per heavy atom. The van der Waals surface area contributed by atoms with Crippen LogP contribution in [0.3, 0.4) is 0 Å². The number of fused-ring (bicyclic) bond motifs is 2. The van der Waals surface area contributed by atoms with Gasteiger partial charge in [-0.15, -0.1) is 4.80 Å². The van der Waals surface area contributed by atoms with Gasteiger partial charge in [-0.1, -0.05) is 6.92 Å². The first-order valence-electron chi connectivity index (χ1n) is 11.0. The monoisotopic (exact) mass is 417 g/mol. The van der Waals surface area contributed by atoms with Crippen molar-refractivity contribution in [3.8, 4) is 5.69 Å². The van der Waals surface area contributed by atoms with Crippen molar-refractivity contribution in [1.82, 2.24) is 34.8 Å². The fourth-order valence-corrected chi connectivity index (χ4v) is 5.02. The highest BCUT2D eigenvalue weighted by Crippen LogP contribution is 2.48. The lowest BCUT2D eigenvalue weighted by atomic mass is 9.64. The second kappa shape index (κ2) is 7.83. The molecule has 1 saturated carbocycles. The Morgan fingerprint density at radius 2 is 1.84 bits per heavy atom. The zero-order valence-corrected chi connectivity index (χ0v) is 18.1. The predicted molar refractivity (Wildman–Crippen MR) is 115 cm³/mol. The summed E-state index contributed by atoms with van der Waals surface area (Å²) in [6.07, 6.45) is 10.7. The molecular weight excluding hydrogens is 390 g/mol. The Hall–Kier alpha value is -3.16. The van der Waals surface area contributed by atoms with E-state index in [9.17, 15) is 4.79 Å². The predicted octanol–water partition coefficient (Wildman–Crippen LogP) is 2.94. The number of carbonyl (C=O) groups is 1. The summed E-state index contributed by atoms with van der Waals surface area (Å²) < 4.78 is 0. The van der Waals surface area contributed by atoms with Crippen molar-refractivity contribution >= 4 is 5.91 Å². The van der Waals surface area contributed by atoms with Crippen molar-refractivity contribution in [2.75, 3.05) is 0 Å². The first-order valence-corrected chi connectivity index (χ1v) is 11.0. The van der Waals surface area contributed by atoms with E-state index in [4.69, 9.17) is 0 Å². The minimum absolute atomic E-state index is 0.0222. The van der Waals surface area contributed by atoms with Gasteiger partial charge in [0.05, 0.1) is 23.8 Å². The molecule has 1 amide bonds. The van der Waals surface area contributed by atoms with Gasteiger partial charge in [-0.3, -0.25) is 14.8 Å². The van der Waals surface area contributed by atoms with Gasteiger partial charge in [0, 0.05) is 30.2 Å². The minimum Gasteiger partial charge on any atom is -0.331 e. The molecule has 2 saturated heterocycles. The normalized spacial score (nSPS) is 24.7. The lowest BCUT2D eigenvalue weighted by Crippen LogP contribution is -2.63. The number of hydrogen-bond donors (Lipinski definition) is 0. The lowest BCUT2D eigenvalue weighted by Gasteiger charge is -2.57. The van der Waals surface area contributed by atoms with Crippen LogP contribution in [-0.4, -0.2) is 52.8 Å². The quantitative estimate of drug-likeness (QED) is 0.634. The molecule has 8 heteroatoms. The maximum Gasteiger partial charge on any atom is 0.275 e. The minimum atomic E-state index is -0.0222. The summed E-state index contributed by atoms with van der Waals surface area (Å²) in [5, 5.41) is 8.46. The number of aryl methyl sites for hydroxylation is 3. The number of pyridine rings is 1. The molecule has 0 radical (unpaired) electrons. The first kappa shape index (κ1) is 19.8. The van der Waals surface area contributed by atoms with Crippen molar-refractivity contribution in [1.29, 1.82) is 0 Å². The Labute approximate surface area is 181 Å². The second-order valence-corrected chi connectivity index (χ2v) is 8.85. The van der Waals surface area contributed by atoms with Crippen LogP contribution < -0.4 is 0 Å². The van der Waals surface area contributed by atoms with Gasteiger partial charge in [0.1, 0.15) is 5.69 Å². The van der Waals surface area contributed by atoms with E-state index in [0.717, 1.165) is 42.8 Å². The molecule has 160 valence electrons. The molecule has 8 nitrogen and oxygen atoms in total. The molecule has 3 fully saturated rings. The molecule has 0 N–H and O–H groups in total. The van der Waals surface area contributed by atoms with E-state index in [1.54, 1.807) is 18.6 Å². The molecule has 3 aromatic heterocycles. The third-order valence-corrected chi connectivity index (χ3v) is 6.87. The molecule has 0 aromatic carbocycles. The van der Waals surface area contributed by atoms with Crippen LogP contribution >= 0.6 is 0 Å². The van der Waals surface area contributed by atoms with Crippen molar-refractivity contribution in [2.45, 2.75) is 58.5 Å². The van der Waals surface area contributed by atoms with E-state index >= 15 is 0 Å². The van der Waals surface area contributed by atoms with Gasteiger partial charge in [0.25, 0.3) is 5.91 Å². The van der Waals surface area contributed by atoms with Gasteiger partial charge in [-0.05, 0) is 63.5 Å². The highest BCUT2D eigenvalue weighted by atomic mass is 16.2. The van der Waals surface area contributed by atoms with Crippen molar-refractivity contribution in [3.05, 3.63) is 59.7 Å². The van der Waals surface area contributed by atoms with E-state index in [0.29, 0.717) is 23.2 Å². The number of aromatic nitrogens is 6. The summed E-state index contributed by atoms with van der Waals surface area (Å²) in [6.45, 7) is 6.13. The van der Waals surface area contributed by atoms with E-state index in [-0.39, 0.29) is 18.0 Å². The van der Waals surface area contributed by atoms with Crippen LogP contribution in [0.4, 0.5) is 0 Å². The van der Waals surface area contributed by atoms with Crippen LogP contribution in [0.2, 0.25) is 0 Å². The first-order chi connectivity index (χ1) is 15.0. The van der Waals surface area contributed by atoms with Crippen LogP contribution in [0.25, 0.3) is 5.69 Å². The average Bonchev–Trinajstić information content (AvgIpc) is 3.27. The van der Waals surface area contributed by atoms with Crippen LogP contribution in [0.15, 0.2) is 36.9 Å². The molecule has 3 aromatic rings. The summed E-state index contributed by atoms with van der Waals surface area (Å²) >= 11 is 0. The average molecular weight is 418 g/mol. The second-order valence-electron chi connectivity index (χ2n) is 8.85. The van der Waals surface area contributed by atoms with Crippen molar-refractivity contribution in [3.63, 3.8) is 0 Å². The van der Waals surface area contributed by atoms with Crippen LogP contribution in [-0.2, 0) is 6.42 Å². The molecule has 0 spiro atoms. The van der Waals surface area contributed by atoms with Gasteiger partial charge in [0.2, 0.25) is 0 Å². The van der Waals surface area contributed by atoms with Gasteiger partial charge in [-0.2, -0.15) is 10.2 Å². The molecule has 6 rings (SSSR count). The largest absolute Gasteiger partial charge is 0.331 e. The maximum absolute atomic E-state index is 13.9. The molecule has 1 unspecified atom stereocenters. The zero-order chi connectivity index (χ0) is 21.5. The smallest absolute Gasteiger partial charge is 0.275 e. The fraction of sp³-hybridized carbons (Fsp3) is 0.478. The molecule has 2 bridgehead atoms. The number of rotatable bonds is 5. The van der Waals surface area contributed by atoms with E-state index < -0.39 is 0 Å². The Bertz CT molecular complexity index is 1070. The number of piperidine rings is 2. The summed E-state index contributed by atoms with van der Waals surface area (Å²) in [6, 6.07) is 4.21. The van der Waals surface area contributed by atoms with Crippen molar-refractivity contribution < 1.29 is 4.79 Å². The highest BCUT2D eigenvalue weighted by molar-refractivity contribution is 5.96. The number of hydrogen-bond acceptors (Lipinski definition) is 6. The number of carbonyl (C=O) groups excluding carboxylic acids is 1. The maximum atomic E-state index is 13.9. The summed E-state index contributed by atoms with van der Waals surface area (Å²) in [7, 11) is 0. The molecule has 31 heavy (non-hydrogen) atoms. The zero-order valence-electron chi connectivity index (χ0n) is 18.1. The molecule has 3 aliphatic rings. The molecule has 1 aliphatic carbocycles. The summed E-state index contributed by atoms with van der Waals surface area (Å²) in [5.74, 6) is 1.12. The Balaban J connectivity index is 1.45. The molecule has 2 atom stereocenters. The molecular formula is C23H27N7O. The molecule has 5 heterocycles. The Kier molecular flexibility index (Phi) is 5.00. The fourth-order valence-electron chi connectivity index (χ4n) is 5.02. The van der Waals surface area contributed by atoms with Gasteiger partial charge < -0.3 is 4.90 Å². The number of nitrogens with zero attached hydrogens (tertiary/aromatic N) is 7. The summed E-state index contributed by atoms with van der Waals surface area (Å²) in [5.41, 5.74) is 3.74. The van der Waals surface area contributed by atoms with E-state index in [1.165, 1.54) is 4.80 Å². The number of amides is 1.